The van der Waals surface area contributed by atoms with Crippen LogP contribution in [-0.2, 0) is 6.42 Å². The molecule has 3 rings (SSSR count). The van der Waals surface area contributed by atoms with Gasteiger partial charge in [0.25, 0.3) is 0 Å². The predicted molar refractivity (Wildman–Crippen MR) is 88.3 cm³/mol. The van der Waals surface area contributed by atoms with Crippen LogP contribution in [0.25, 0.3) is 10.8 Å². The Kier molecular flexibility index (Phi) is 3.72. The van der Waals surface area contributed by atoms with Crippen LogP contribution < -0.4 is 5.73 Å². The van der Waals surface area contributed by atoms with Crippen molar-refractivity contribution >= 4 is 10.8 Å². The first-order valence-corrected chi connectivity index (χ1v) is 7.29. The molecule has 0 saturated carbocycles. The molecule has 2 N–H and O–H groups in total. The maximum atomic E-state index is 6.46. The molecule has 2 aromatic carbocycles. The number of pyridine rings is 1. The topological polar surface area (TPSA) is 38.9 Å². The summed E-state index contributed by atoms with van der Waals surface area (Å²) in [5.41, 5.74) is 11.6. The lowest BCUT2D eigenvalue weighted by atomic mass is 9.94. The maximum Gasteiger partial charge on any atom is 0.0346 e. The first-order chi connectivity index (χ1) is 10.1. The van der Waals surface area contributed by atoms with Gasteiger partial charge in [-0.2, -0.15) is 0 Å². The fraction of sp³-hybridized carbons (Fsp3) is 0.211. The van der Waals surface area contributed by atoms with Gasteiger partial charge in [0.1, 0.15) is 0 Å². The molecule has 0 amide bonds. The Morgan fingerprint density at radius 1 is 1.05 bits per heavy atom. The molecular formula is C19H20N2. The summed E-state index contributed by atoms with van der Waals surface area (Å²) in [6, 6.07) is 14.9. The van der Waals surface area contributed by atoms with Gasteiger partial charge in [-0.05, 0) is 54.0 Å². The maximum absolute atomic E-state index is 6.46. The largest absolute Gasteiger partial charge is 0.324 e. The van der Waals surface area contributed by atoms with Gasteiger partial charge in [-0.25, -0.2) is 0 Å². The van der Waals surface area contributed by atoms with Gasteiger partial charge >= 0.3 is 0 Å². The Morgan fingerprint density at radius 3 is 2.71 bits per heavy atom. The number of nitrogens with zero attached hydrogens (tertiary/aromatic N) is 1. The molecule has 0 aliphatic rings. The molecule has 0 radical (unpaired) electrons. The monoisotopic (exact) mass is 276 g/mol. The number of rotatable bonds is 3. The van der Waals surface area contributed by atoms with Crippen LogP contribution in [0.15, 0.2) is 54.9 Å². The van der Waals surface area contributed by atoms with Gasteiger partial charge in [0.2, 0.25) is 0 Å². The van der Waals surface area contributed by atoms with Gasteiger partial charge in [0, 0.05) is 23.8 Å². The number of aryl methyl sites for hydroxylation is 2. The van der Waals surface area contributed by atoms with E-state index in [2.05, 4.69) is 55.2 Å². The Morgan fingerprint density at radius 2 is 1.90 bits per heavy atom. The summed E-state index contributed by atoms with van der Waals surface area (Å²) in [6.07, 6.45) is 4.57. The molecule has 106 valence electrons. The lowest BCUT2D eigenvalue weighted by Crippen LogP contribution is -2.14. The van der Waals surface area contributed by atoms with Crippen molar-refractivity contribution in [1.82, 2.24) is 4.98 Å². The van der Waals surface area contributed by atoms with Gasteiger partial charge in [0.05, 0.1) is 0 Å². The van der Waals surface area contributed by atoms with E-state index in [0.29, 0.717) is 0 Å². The fourth-order valence-corrected chi connectivity index (χ4v) is 2.77. The number of hydrogen-bond donors (Lipinski definition) is 1. The minimum atomic E-state index is -0.00166. The molecule has 0 spiro atoms. The summed E-state index contributed by atoms with van der Waals surface area (Å²) in [5, 5.41) is 2.34. The lowest BCUT2D eigenvalue weighted by Gasteiger charge is -2.15. The molecule has 1 atom stereocenters. The highest BCUT2D eigenvalue weighted by molar-refractivity contribution is 5.85. The van der Waals surface area contributed by atoms with Crippen LogP contribution in [0.4, 0.5) is 0 Å². The molecule has 0 aliphatic heterocycles. The SMILES string of the molecule is Cc1ccc(CC(N)c2cccc3cnccc23)cc1C. The number of aromatic nitrogens is 1. The van der Waals surface area contributed by atoms with E-state index in [0.717, 1.165) is 11.8 Å². The van der Waals surface area contributed by atoms with E-state index in [4.69, 9.17) is 5.73 Å². The Hall–Kier alpha value is -2.19. The van der Waals surface area contributed by atoms with Gasteiger partial charge in [-0.3, -0.25) is 4.98 Å². The molecule has 1 heterocycles. The van der Waals surface area contributed by atoms with Crippen LogP contribution in [0.2, 0.25) is 0 Å². The Labute approximate surface area is 125 Å². The second-order valence-electron chi connectivity index (χ2n) is 5.67. The third-order valence-electron chi connectivity index (χ3n) is 4.14. The van der Waals surface area contributed by atoms with E-state index in [1.165, 1.54) is 27.6 Å². The summed E-state index contributed by atoms with van der Waals surface area (Å²) in [7, 11) is 0. The standard InChI is InChI=1S/C19H20N2/c1-13-6-7-15(10-14(13)2)11-19(20)18-5-3-4-16-12-21-9-8-17(16)18/h3-10,12,19H,11,20H2,1-2H3. The Balaban J connectivity index is 1.93. The van der Waals surface area contributed by atoms with Crippen LogP contribution in [0.5, 0.6) is 0 Å². The highest BCUT2D eigenvalue weighted by Crippen LogP contribution is 2.25. The first kappa shape index (κ1) is 13.8. The smallest absolute Gasteiger partial charge is 0.0346 e. The lowest BCUT2D eigenvalue weighted by molar-refractivity contribution is 0.727. The fourth-order valence-electron chi connectivity index (χ4n) is 2.77. The van der Waals surface area contributed by atoms with Crippen LogP contribution >= 0.6 is 0 Å². The highest BCUT2D eigenvalue weighted by atomic mass is 14.6. The number of nitrogens with two attached hydrogens (primary N) is 1. The molecule has 1 aromatic heterocycles. The van der Waals surface area contributed by atoms with Crippen LogP contribution in [-0.4, -0.2) is 4.98 Å². The van der Waals surface area contributed by atoms with Crippen molar-refractivity contribution < 1.29 is 0 Å². The third kappa shape index (κ3) is 2.81. The normalized spacial score (nSPS) is 12.5. The summed E-state index contributed by atoms with van der Waals surface area (Å²) < 4.78 is 0. The van der Waals surface area contributed by atoms with Crippen molar-refractivity contribution in [1.29, 1.82) is 0 Å². The summed E-state index contributed by atoms with van der Waals surface area (Å²) in [6.45, 7) is 4.28. The first-order valence-electron chi connectivity index (χ1n) is 7.29. The van der Waals surface area contributed by atoms with Gasteiger partial charge in [0.15, 0.2) is 0 Å². The second kappa shape index (κ2) is 5.66. The average Bonchev–Trinajstić information content (AvgIpc) is 2.50. The molecule has 2 nitrogen and oxygen atoms in total. The Bertz CT molecular complexity index is 772. The predicted octanol–water partition coefficient (Wildman–Crippen LogP) is 4.09. The molecule has 0 bridgehead atoms. The molecular weight excluding hydrogens is 256 g/mol. The van der Waals surface area contributed by atoms with Crippen molar-refractivity contribution in [2.75, 3.05) is 0 Å². The zero-order valence-electron chi connectivity index (χ0n) is 12.5. The number of hydrogen-bond acceptors (Lipinski definition) is 2. The van der Waals surface area contributed by atoms with Gasteiger partial charge in [-0.1, -0.05) is 36.4 Å². The van der Waals surface area contributed by atoms with Gasteiger partial charge < -0.3 is 5.73 Å². The summed E-state index contributed by atoms with van der Waals surface area (Å²) in [4.78, 5) is 4.18. The quantitative estimate of drug-likeness (QED) is 0.782. The van der Waals surface area contributed by atoms with Crippen molar-refractivity contribution in [3.63, 3.8) is 0 Å². The number of benzene rings is 2. The van der Waals surface area contributed by atoms with Crippen molar-refractivity contribution in [2.24, 2.45) is 5.73 Å². The minimum Gasteiger partial charge on any atom is -0.324 e. The van der Waals surface area contributed by atoms with Gasteiger partial charge in [-0.15, -0.1) is 0 Å². The van der Waals surface area contributed by atoms with E-state index < -0.39 is 0 Å². The van der Waals surface area contributed by atoms with E-state index in [1.54, 1.807) is 0 Å². The van der Waals surface area contributed by atoms with Crippen LogP contribution in [0.1, 0.15) is 28.3 Å². The van der Waals surface area contributed by atoms with Crippen molar-refractivity contribution in [3.8, 4) is 0 Å². The van der Waals surface area contributed by atoms with Crippen LogP contribution in [0.3, 0.4) is 0 Å². The average molecular weight is 276 g/mol. The van der Waals surface area contributed by atoms with E-state index in [9.17, 15) is 0 Å². The van der Waals surface area contributed by atoms with Crippen molar-refractivity contribution in [2.45, 2.75) is 26.3 Å². The summed E-state index contributed by atoms with van der Waals surface area (Å²) in [5.74, 6) is 0. The molecule has 0 fully saturated rings. The highest BCUT2D eigenvalue weighted by Gasteiger charge is 2.11. The minimum absolute atomic E-state index is 0.00166. The second-order valence-corrected chi connectivity index (χ2v) is 5.67. The van der Waals surface area contributed by atoms with E-state index in [-0.39, 0.29) is 6.04 Å². The molecule has 3 aromatic rings. The molecule has 2 heteroatoms. The van der Waals surface area contributed by atoms with E-state index in [1.807, 2.05) is 18.5 Å². The number of fused-ring (bicyclic) bond motifs is 1. The zero-order chi connectivity index (χ0) is 14.8. The van der Waals surface area contributed by atoms with E-state index >= 15 is 0 Å². The third-order valence-corrected chi connectivity index (χ3v) is 4.14. The molecule has 0 saturated heterocycles. The molecule has 1 unspecified atom stereocenters. The van der Waals surface area contributed by atoms with Crippen LogP contribution in [0, 0.1) is 13.8 Å². The molecule has 21 heavy (non-hydrogen) atoms. The summed E-state index contributed by atoms with van der Waals surface area (Å²) >= 11 is 0. The zero-order valence-corrected chi connectivity index (χ0v) is 12.5. The molecule has 0 aliphatic carbocycles. The van der Waals surface area contributed by atoms with Crippen molar-refractivity contribution in [3.05, 3.63) is 77.1 Å².